The maximum absolute atomic E-state index is 11.1. The molecule has 1 atom stereocenters. The Morgan fingerprint density at radius 3 is 2.94 bits per heavy atom. The Kier molecular flexibility index (Phi) is 5.92. The van der Waals surface area contributed by atoms with Crippen LogP contribution in [0.3, 0.4) is 0 Å². The van der Waals surface area contributed by atoms with Gasteiger partial charge in [0, 0.05) is 16.0 Å². The number of hydrogen-bond acceptors (Lipinski definition) is 2. The van der Waals surface area contributed by atoms with Crippen molar-refractivity contribution < 1.29 is 9.90 Å². The summed E-state index contributed by atoms with van der Waals surface area (Å²) in [6, 6.07) is 5.28. The van der Waals surface area contributed by atoms with Crippen LogP contribution in [-0.4, -0.2) is 28.6 Å². The summed E-state index contributed by atoms with van der Waals surface area (Å²) in [5.41, 5.74) is 0.967. The molecule has 2 rings (SSSR count). The molecule has 1 aromatic rings. The van der Waals surface area contributed by atoms with Crippen LogP contribution in [0.5, 0.6) is 0 Å². The van der Waals surface area contributed by atoms with Gasteiger partial charge in [-0.05, 0) is 43.1 Å². The predicted octanol–water partition coefficient (Wildman–Crippen LogP) is 3.57. The van der Waals surface area contributed by atoms with Crippen LogP contribution >= 0.6 is 39.9 Å². The van der Waals surface area contributed by atoms with Gasteiger partial charge in [-0.3, -0.25) is 9.69 Å². The van der Waals surface area contributed by atoms with Crippen molar-refractivity contribution >= 4 is 45.9 Å². The number of likely N-dealkylation sites (tertiary alicyclic amines) is 1. The van der Waals surface area contributed by atoms with E-state index in [1.165, 1.54) is 0 Å². The lowest BCUT2D eigenvalue weighted by molar-refractivity contribution is -0.142. The number of carboxylic acids is 1. The molecule has 0 amide bonds. The molecule has 0 aromatic heterocycles. The minimum atomic E-state index is -0.742. The molecule has 1 aliphatic rings. The second-order valence-electron chi connectivity index (χ2n) is 4.20. The summed E-state index contributed by atoms with van der Waals surface area (Å²) < 4.78 is 0.961. The van der Waals surface area contributed by atoms with Crippen LogP contribution in [0.25, 0.3) is 0 Å². The van der Waals surface area contributed by atoms with Crippen molar-refractivity contribution in [3.63, 3.8) is 0 Å². The number of halogens is 3. The largest absolute Gasteiger partial charge is 0.480 e. The van der Waals surface area contributed by atoms with Crippen LogP contribution in [0.1, 0.15) is 18.4 Å². The molecule has 3 nitrogen and oxygen atoms in total. The smallest absolute Gasteiger partial charge is 0.320 e. The zero-order chi connectivity index (χ0) is 12.4. The lowest BCUT2D eigenvalue weighted by Crippen LogP contribution is -2.35. The van der Waals surface area contributed by atoms with Gasteiger partial charge < -0.3 is 5.11 Å². The predicted molar refractivity (Wildman–Crippen MR) is 77.5 cm³/mol. The Bertz CT molecular complexity index is 442. The molecule has 18 heavy (non-hydrogen) atoms. The Morgan fingerprint density at radius 2 is 2.28 bits per heavy atom. The normalized spacial score (nSPS) is 19.6. The first-order valence-corrected chi connectivity index (χ1v) is 6.66. The molecule has 0 aliphatic carbocycles. The van der Waals surface area contributed by atoms with Crippen molar-refractivity contribution in [1.82, 2.24) is 4.90 Å². The molecule has 1 saturated heterocycles. The second-order valence-corrected chi connectivity index (χ2v) is 5.53. The molecule has 0 radical (unpaired) electrons. The summed E-state index contributed by atoms with van der Waals surface area (Å²) in [7, 11) is 0. The summed E-state index contributed by atoms with van der Waals surface area (Å²) in [6.07, 6.45) is 1.66. The molecule has 0 bridgehead atoms. The van der Waals surface area contributed by atoms with Gasteiger partial charge in [0.2, 0.25) is 0 Å². The third-order valence-electron chi connectivity index (χ3n) is 3.03. The summed E-state index contributed by atoms with van der Waals surface area (Å²) in [5.74, 6) is -0.742. The zero-order valence-electron chi connectivity index (χ0n) is 9.60. The molecule has 100 valence electrons. The van der Waals surface area contributed by atoms with Crippen molar-refractivity contribution in [3.8, 4) is 0 Å². The van der Waals surface area contributed by atoms with Crippen molar-refractivity contribution in [1.29, 1.82) is 0 Å². The van der Waals surface area contributed by atoms with Gasteiger partial charge in [-0.2, -0.15) is 0 Å². The molecule has 6 heteroatoms. The van der Waals surface area contributed by atoms with Crippen LogP contribution in [0.4, 0.5) is 0 Å². The topological polar surface area (TPSA) is 40.5 Å². The highest BCUT2D eigenvalue weighted by atomic mass is 79.9. The molecule has 1 aliphatic heterocycles. The number of hydrogen-bond donors (Lipinski definition) is 1. The zero-order valence-corrected chi connectivity index (χ0v) is 12.8. The first kappa shape index (κ1) is 15.8. The summed E-state index contributed by atoms with van der Waals surface area (Å²) in [5, 5.41) is 9.79. The van der Waals surface area contributed by atoms with Crippen LogP contribution < -0.4 is 0 Å². The number of carboxylic acid groups (broad SMARTS) is 1. The van der Waals surface area contributed by atoms with E-state index in [1.54, 1.807) is 0 Å². The molecule has 1 heterocycles. The monoisotopic (exact) mass is 353 g/mol. The standard InChI is InChI=1S/C12H13BrClNO2.ClH/c13-9-3-4-10(14)8(6-9)7-15-5-1-2-11(15)12(16)17;/h3-4,6,11H,1-2,5,7H2,(H,16,17);1H/t11-;/m1./s1. The van der Waals surface area contributed by atoms with Gasteiger partial charge >= 0.3 is 5.97 Å². The van der Waals surface area contributed by atoms with Gasteiger partial charge in [-0.1, -0.05) is 27.5 Å². The average molecular weight is 355 g/mol. The Morgan fingerprint density at radius 1 is 1.56 bits per heavy atom. The minimum Gasteiger partial charge on any atom is -0.480 e. The second kappa shape index (κ2) is 6.75. The maximum atomic E-state index is 11.1. The quantitative estimate of drug-likeness (QED) is 0.901. The molecule has 1 N–H and O–H groups in total. The fourth-order valence-electron chi connectivity index (χ4n) is 2.18. The van der Waals surface area contributed by atoms with Crippen LogP contribution in [0.15, 0.2) is 22.7 Å². The van der Waals surface area contributed by atoms with E-state index in [-0.39, 0.29) is 18.4 Å². The van der Waals surface area contributed by atoms with Crippen molar-refractivity contribution in [2.24, 2.45) is 0 Å². The molecule has 1 fully saturated rings. The number of rotatable bonds is 3. The maximum Gasteiger partial charge on any atom is 0.320 e. The van der Waals surface area contributed by atoms with Gasteiger partial charge in [0.25, 0.3) is 0 Å². The van der Waals surface area contributed by atoms with Gasteiger partial charge in [0.15, 0.2) is 0 Å². The van der Waals surface area contributed by atoms with E-state index in [1.807, 2.05) is 23.1 Å². The summed E-state index contributed by atoms with van der Waals surface area (Å²) in [4.78, 5) is 13.0. The highest BCUT2D eigenvalue weighted by Crippen LogP contribution is 2.26. The first-order chi connectivity index (χ1) is 8.08. The molecule has 1 aromatic carbocycles. The van der Waals surface area contributed by atoms with E-state index in [4.69, 9.17) is 16.7 Å². The highest BCUT2D eigenvalue weighted by molar-refractivity contribution is 9.10. The van der Waals surface area contributed by atoms with Gasteiger partial charge in [0.1, 0.15) is 6.04 Å². The molecule has 0 spiro atoms. The van der Waals surface area contributed by atoms with Crippen LogP contribution in [0.2, 0.25) is 5.02 Å². The van der Waals surface area contributed by atoms with Gasteiger partial charge in [0.05, 0.1) is 0 Å². The Balaban J connectivity index is 0.00000162. The van der Waals surface area contributed by atoms with Gasteiger partial charge in [-0.15, -0.1) is 12.4 Å². The molecular weight excluding hydrogens is 341 g/mol. The lowest BCUT2D eigenvalue weighted by atomic mass is 10.2. The van der Waals surface area contributed by atoms with Crippen molar-refractivity contribution in [3.05, 3.63) is 33.3 Å². The van der Waals surface area contributed by atoms with E-state index >= 15 is 0 Å². The lowest BCUT2D eigenvalue weighted by Gasteiger charge is -2.21. The fourth-order valence-corrected chi connectivity index (χ4v) is 2.76. The summed E-state index contributed by atoms with van der Waals surface area (Å²) >= 11 is 9.50. The van der Waals surface area contributed by atoms with E-state index in [9.17, 15) is 4.79 Å². The van der Waals surface area contributed by atoms with E-state index in [2.05, 4.69) is 15.9 Å². The molecular formula is C12H14BrCl2NO2. The third-order valence-corrected chi connectivity index (χ3v) is 3.89. The SMILES string of the molecule is Cl.O=C(O)[C@H]1CCCN1Cc1cc(Br)ccc1Cl. The van der Waals surface area contributed by atoms with E-state index in [0.29, 0.717) is 11.6 Å². The number of carbonyl (C=O) groups is 1. The Labute approximate surface area is 126 Å². The highest BCUT2D eigenvalue weighted by Gasteiger charge is 2.30. The minimum absolute atomic E-state index is 0. The first-order valence-electron chi connectivity index (χ1n) is 5.48. The van der Waals surface area contributed by atoms with Crippen molar-refractivity contribution in [2.45, 2.75) is 25.4 Å². The van der Waals surface area contributed by atoms with Gasteiger partial charge in [-0.25, -0.2) is 0 Å². The van der Waals surface area contributed by atoms with E-state index < -0.39 is 5.97 Å². The summed E-state index contributed by atoms with van der Waals surface area (Å²) in [6.45, 7) is 1.41. The van der Waals surface area contributed by atoms with Crippen LogP contribution in [0, 0.1) is 0 Å². The number of nitrogens with zero attached hydrogens (tertiary/aromatic N) is 1. The molecule has 0 saturated carbocycles. The third kappa shape index (κ3) is 3.60. The Hall–Kier alpha value is -0.290. The van der Waals surface area contributed by atoms with Crippen molar-refractivity contribution in [2.75, 3.05) is 6.54 Å². The number of benzene rings is 1. The number of aliphatic carboxylic acids is 1. The fraction of sp³-hybridized carbons (Fsp3) is 0.417. The molecule has 0 unspecified atom stereocenters. The van der Waals surface area contributed by atoms with E-state index in [0.717, 1.165) is 29.4 Å². The average Bonchev–Trinajstić information content (AvgIpc) is 2.71. The van der Waals surface area contributed by atoms with Crippen LogP contribution in [-0.2, 0) is 11.3 Å².